The number of fused-ring (bicyclic) bond motifs is 1. The van der Waals surface area contributed by atoms with E-state index in [0.717, 1.165) is 30.4 Å². The van der Waals surface area contributed by atoms with Gasteiger partial charge in [0.1, 0.15) is 12.4 Å². The van der Waals surface area contributed by atoms with Crippen LogP contribution in [0, 0.1) is 0 Å². The molecule has 1 aliphatic carbocycles. The minimum atomic E-state index is -0.235. The molecular weight excluding hydrogens is 388 g/mol. The van der Waals surface area contributed by atoms with Gasteiger partial charge in [0.15, 0.2) is 0 Å². The van der Waals surface area contributed by atoms with Crippen LogP contribution in [-0.2, 0) is 20.1 Å². The maximum absolute atomic E-state index is 12.5. The number of nitrogens with zero attached hydrogens (tertiary/aromatic N) is 2. The molecule has 3 aromatic rings. The fraction of sp³-hybridized carbons (Fsp3) is 0.273. The van der Waals surface area contributed by atoms with Crippen molar-refractivity contribution in [3.63, 3.8) is 0 Å². The molecule has 7 heteroatoms. The van der Waals surface area contributed by atoms with Crippen molar-refractivity contribution in [2.75, 3.05) is 5.32 Å². The van der Waals surface area contributed by atoms with Crippen LogP contribution >= 0.6 is 11.6 Å². The number of nitrogens with one attached hydrogen (secondary N) is 2. The van der Waals surface area contributed by atoms with Crippen LogP contribution in [0.15, 0.2) is 54.7 Å². The van der Waals surface area contributed by atoms with Crippen molar-refractivity contribution in [3.8, 4) is 5.75 Å². The zero-order valence-electron chi connectivity index (χ0n) is 16.2. The van der Waals surface area contributed by atoms with Gasteiger partial charge in [0.05, 0.1) is 12.2 Å². The first-order valence-corrected chi connectivity index (χ1v) is 10.0. The number of aryl methyl sites for hydroxylation is 1. The molecular formula is C22H23ClN4O2. The SMILES string of the molecule is Cn1ncc2c1CCCC2NC(=O)Nc1cccc(OCc2ccc(Cl)cc2)c1. The number of anilines is 1. The van der Waals surface area contributed by atoms with Crippen LogP contribution < -0.4 is 15.4 Å². The molecule has 1 heterocycles. The molecule has 1 aliphatic rings. The second-order valence-corrected chi connectivity index (χ2v) is 7.59. The summed E-state index contributed by atoms with van der Waals surface area (Å²) in [7, 11) is 1.94. The van der Waals surface area contributed by atoms with Crippen LogP contribution in [0.3, 0.4) is 0 Å². The number of halogens is 1. The Balaban J connectivity index is 1.35. The van der Waals surface area contributed by atoms with Crippen LogP contribution in [0.5, 0.6) is 5.75 Å². The van der Waals surface area contributed by atoms with Crippen LogP contribution in [0.1, 0.15) is 35.7 Å². The highest BCUT2D eigenvalue weighted by molar-refractivity contribution is 6.30. The monoisotopic (exact) mass is 410 g/mol. The average Bonchev–Trinajstić information content (AvgIpc) is 3.10. The number of urea groups is 1. The Bertz CT molecular complexity index is 1000. The lowest BCUT2D eigenvalue weighted by Crippen LogP contribution is -2.34. The van der Waals surface area contributed by atoms with E-state index < -0.39 is 0 Å². The second-order valence-electron chi connectivity index (χ2n) is 7.16. The summed E-state index contributed by atoms with van der Waals surface area (Å²) in [6.45, 7) is 0.429. The van der Waals surface area contributed by atoms with Crippen LogP contribution in [0.2, 0.25) is 5.02 Å². The van der Waals surface area contributed by atoms with Gasteiger partial charge in [-0.1, -0.05) is 29.8 Å². The van der Waals surface area contributed by atoms with E-state index in [1.807, 2.05) is 66.5 Å². The van der Waals surface area contributed by atoms with Crippen molar-refractivity contribution in [3.05, 3.63) is 76.6 Å². The standard InChI is InChI=1S/C22H23ClN4O2/c1-27-21-7-3-6-20(19(21)13-24-27)26-22(28)25-17-4-2-5-18(12-17)29-14-15-8-10-16(23)11-9-15/h2,4-5,8-13,20H,3,6-7,14H2,1H3,(H2,25,26,28). The van der Waals surface area contributed by atoms with Gasteiger partial charge in [-0.15, -0.1) is 0 Å². The van der Waals surface area contributed by atoms with E-state index in [2.05, 4.69) is 15.7 Å². The Morgan fingerprint density at radius 2 is 2.10 bits per heavy atom. The number of carbonyl (C=O) groups excluding carboxylic acids is 1. The number of aromatic nitrogens is 2. The highest BCUT2D eigenvalue weighted by atomic mass is 35.5. The zero-order chi connectivity index (χ0) is 20.2. The summed E-state index contributed by atoms with van der Waals surface area (Å²) in [6, 6.07) is 14.6. The fourth-order valence-electron chi connectivity index (χ4n) is 3.59. The number of hydrogen-bond donors (Lipinski definition) is 2. The van der Waals surface area contributed by atoms with Gasteiger partial charge < -0.3 is 15.4 Å². The van der Waals surface area contributed by atoms with Gasteiger partial charge in [0.2, 0.25) is 0 Å². The van der Waals surface area contributed by atoms with E-state index in [-0.39, 0.29) is 12.1 Å². The molecule has 0 spiro atoms. The minimum absolute atomic E-state index is 0.0169. The molecule has 2 amide bonds. The topological polar surface area (TPSA) is 68.2 Å². The van der Waals surface area contributed by atoms with Crippen molar-refractivity contribution >= 4 is 23.3 Å². The van der Waals surface area contributed by atoms with Crippen molar-refractivity contribution in [2.45, 2.75) is 31.9 Å². The number of hydrogen-bond acceptors (Lipinski definition) is 3. The number of carbonyl (C=O) groups is 1. The van der Waals surface area contributed by atoms with Crippen LogP contribution in [-0.4, -0.2) is 15.8 Å². The quantitative estimate of drug-likeness (QED) is 0.631. The van der Waals surface area contributed by atoms with E-state index in [1.54, 1.807) is 0 Å². The van der Waals surface area contributed by atoms with E-state index >= 15 is 0 Å². The summed E-state index contributed by atoms with van der Waals surface area (Å²) in [5, 5.41) is 11.0. The third-order valence-corrected chi connectivity index (χ3v) is 5.34. The summed E-state index contributed by atoms with van der Waals surface area (Å²) in [5.41, 5.74) is 4.00. The molecule has 0 saturated carbocycles. The molecule has 2 N–H and O–H groups in total. The van der Waals surface area contributed by atoms with E-state index in [0.29, 0.717) is 23.1 Å². The molecule has 6 nitrogen and oxygen atoms in total. The molecule has 2 aromatic carbocycles. The lowest BCUT2D eigenvalue weighted by atomic mass is 9.93. The van der Waals surface area contributed by atoms with Crippen molar-refractivity contribution < 1.29 is 9.53 Å². The molecule has 29 heavy (non-hydrogen) atoms. The normalized spacial score (nSPS) is 15.4. The first kappa shape index (κ1) is 19.3. The first-order chi connectivity index (χ1) is 14.1. The molecule has 0 bridgehead atoms. The van der Waals surface area contributed by atoms with Gasteiger partial charge in [0, 0.05) is 35.1 Å². The van der Waals surface area contributed by atoms with Crippen molar-refractivity contribution in [2.24, 2.45) is 7.05 Å². The molecule has 0 radical (unpaired) electrons. The highest BCUT2D eigenvalue weighted by Crippen LogP contribution is 2.29. The zero-order valence-corrected chi connectivity index (χ0v) is 16.9. The van der Waals surface area contributed by atoms with E-state index in [9.17, 15) is 4.79 Å². The third kappa shape index (κ3) is 4.71. The van der Waals surface area contributed by atoms with E-state index in [1.165, 1.54) is 5.69 Å². The highest BCUT2D eigenvalue weighted by Gasteiger charge is 2.24. The Labute approximate surface area is 174 Å². The molecule has 1 unspecified atom stereocenters. The molecule has 0 aliphatic heterocycles. The van der Waals surface area contributed by atoms with Gasteiger partial charge in [-0.05, 0) is 49.1 Å². The lowest BCUT2D eigenvalue weighted by Gasteiger charge is -2.24. The van der Waals surface area contributed by atoms with Crippen LogP contribution in [0.4, 0.5) is 10.5 Å². The predicted molar refractivity (Wildman–Crippen MR) is 113 cm³/mol. The molecule has 1 atom stereocenters. The molecule has 0 saturated heterocycles. The van der Waals surface area contributed by atoms with Crippen LogP contribution in [0.25, 0.3) is 0 Å². The molecule has 150 valence electrons. The summed E-state index contributed by atoms with van der Waals surface area (Å²) in [6.07, 6.45) is 4.80. The smallest absolute Gasteiger partial charge is 0.319 e. The largest absolute Gasteiger partial charge is 0.489 e. The Hall–Kier alpha value is -2.99. The summed E-state index contributed by atoms with van der Waals surface area (Å²) in [4.78, 5) is 12.5. The van der Waals surface area contributed by atoms with Crippen molar-refractivity contribution in [1.29, 1.82) is 0 Å². The van der Waals surface area contributed by atoms with Gasteiger partial charge >= 0.3 is 6.03 Å². The molecule has 4 rings (SSSR count). The van der Waals surface area contributed by atoms with Crippen molar-refractivity contribution in [1.82, 2.24) is 15.1 Å². The second kappa shape index (κ2) is 8.57. The minimum Gasteiger partial charge on any atom is -0.489 e. The fourth-order valence-corrected chi connectivity index (χ4v) is 3.72. The number of rotatable bonds is 5. The summed E-state index contributed by atoms with van der Waals surface area (Å²) < 4.78 is 7.72. The maximum atomic E-state index is 12.5. The molecule has 1 aromatic heterocycles. The summed E-state index contributed by atoms with van der Waals surface area (Å²) in [5.74, 6) is 0.685. The van der Waals surface area contributed by atoms with Gasteiger partial charge in [0.25, 0.3) is 0 Å². The Morgan fingerprint density at radius 1 is 1.28 bits per heavy atom. The lowest BCUT2D eigenvalue weighted by molar-refractivity contribution is 0.247. The molecule has 0 fully saturated rings. The number of benzene rings is 2. The summed E-state index contributed by atoms with van der Waals surface area (Å²) >= 11 is 5.91. The van der Waals surface area contributed by atoms with Gasteiger partial charge in [-0.3, -0.25) is 4.68 Å². The first-order valence-electron chi connectivity index (χ1n) is 9.64. The maximum Gasteiger partial charge on any atom is 0.319 e. The number of ether oxygens (including phenoxy) is 1. The average molecular weight is 411 g/mol. The Kier molecular flexibility index (Phi) is 5.71. The van der Waals surface area contributed by atoms with Gasteiger partial charge in [-0.2, -0.15) is 5.10 Å². The number of amides is 2. The van der Waals surface area contributed by atoms with E-state index in [4.69, 9.17) is 16.3 Å². The third-order valence-electron chi connectivity index (χ3n) is 5.09. The Morgan fingerprint density at radius 3 is 2.93 bits per heavy atom. The predicted octanol–water partition coefficient (Wildman–Crippen LogP) is 4.85. The van der Waals surface area contributed by atoms with Gasteiger partial charge in [-0.25, -0.2) is 4.79 Å².